The normalized spacial score (nSPS) is 8.36. The Morgan fingerprint density at radius 2 is 2.55 bits per heavy atom. The quantitative estimate of drug-likeness (QED) is 0.421. The van der Waals surface area contributed by atoms with Crippen molar-refractivity contribution in [3.63, 3.8) is 0 Å². The number of halogens is 1. The van der Waals surface area contributed by atoms with E-state index in [0.717, 1.165) is 11.5 Å². The second-order valence-electron chi connectivity index (χ2n) is 1.45. The minimum absolute atomic E-state index is 0.285. The van der Waals surface area contributed by atoms with Crippen LogP contribution in [0.4, 0.5) is 5.00 Å². The topological polar surface area (TPSA) is 85.4 Å². The predicted octanol–water partition coefficient (Wildman–Crippen LogP) is 2.72. The lowest BCUT2D eigenvalue weighted by molar-refractivity contribution is 1.41. The SMILES string of the molecule is N#Cc1c(Br)nsc1N=[N+]=[N-]. The van der Waals surface area contributed by atoms with Gasteiger partial charge in [-0.3, -0.25) is 0 Å². The van der Waals surface area contributed by atoms with Gasteiger partial charge in [0.15, 0.2) is 0 Å². The average molecular weight is 230 g/mol. The van der Waals surface area contributed by atoms with Gasteiger partial charge in [0.25, 0.3) is 0 Å². The van der Waals surface area contributed by atoms with E-state index < -0.39 is 0 Å². The summed E-state index contributed by atoms with van der Waals surface area (Å²) in [5.74, 6) is 0. The molecule has 0 atom stereocenters. The van der Waals surface area contributed by atoms with E-state index in [9.17, 15) is 0 Å². The Morgan fingerprint density at radius 3 is 3.09 bits per heavy atom. The van der Waals surface area contributed by atoms with Crippen LogP contribution in [0.5, 0.6) is 0 Å². The number of rotatable bonds is 1. The Balaban J connectivity index is 3.29. The van der Waals surface area contributed by atoms with Gasteiger partial charge in [0.05, 0.1) is 0 Å². The molecular weight excluding hydrogens is 230 g/mol. The van der Waals surface area contributed by atoms with Crippen LogP contribution < -0.4 is 0 Å². The Bertz CT molecular complexity index is 357. The zero-order valence-corrected chi connectivity index (χ0v) is 7.42. The van der Waals surface area contributed by atoms with E-state index in [1.165, 1.54) is 0 Å². The van der Waals surface area contributed by atoms with Gasteiger partial charge in [0.1, 0.15) is 21.2 Å². The molecule has 5 nitrogen and oxygen atoms in total. The smallest absolute Gasteiger partial charge is 0.138 e. The van der Waals surface area contributed by atoms with Gasteiger partial charge in [0.2, 0.25) is 0 Å². The van der Waals surface area contributed by atoms with Crippen LogP contribution in [-0.2, 0) is 0 Å². The van der Waals surface area contributed by atoms with Gasteiger partial charge >= 0.3 is 0 Å². The first-order valence-electron chi connectivity index (χ1n) is 2.40. The summed E-state index contributed by atoms with van der Waals surface area (Å²) in [6.07, 6.45) is 0. The zero-order valence-electron chi connectivity index (χ0n) is 5.02. The summed E-state index contributed by atoms with van der Waals surface area (Å²) in [6, 6.07) is 1.86. The molecule has 0 N–H and O–H groups in total. The minimum atomic E-state index is 0.285. The number of aromatic nitrogens is 1. The number of hydrogen-bond acceptors (Lipinski definition) is 4. The first-order chi connectivity index (χ1) is 5.29. The van der Waals surface area contributed by atoms with Gasteiger partial charge in [-0.1, -0.05) is 0 Å². The van der Waals surface area contributed by atoms with Gasteiger partial charge < -0.3 is 0 Å². The van der Waals surface area contributed by atoms with E-state index in [4.69, 9.17) is 10.8 Å². The molecule has 1 rings (SSSR count). The summed E-state index contributed by atoms with van der Waals surface area (Å²) in [7, 11) is 0. The van der Waals surface area contributed by atoms with Gasteiger partial charge in [-0.2, -0.15) is 9.64 Å². The fraction of sp³-hybridized carbons (Fsp3) is 0. The molecule has 1 aromatic heterocycles. The molecular formula is C4BrN5S. The number of azide groups is 1. The fourth-order valence-electron chi connectivity index (χ4n) is 0.466. The molecule has 11 heavy (non-hydrogen) atoms. The van der Waals surface area contributed by atoms with E-state index in [-0.39, 0.29) is 5.56 Å². The monoisotopic (exact) mass is 229 g/mol. The maximum atomic E-state index is 8.52. The van der Waals surface area contributed by atoms with Crippen molar-refractivity contribution >= 4 is 32.5 Å². The number of nitriles is 1. The van der Waals surface area contributed by atoms with Gasteiger partial charge in [-0.15, -0.1) is 0 Å². The van der Waals surface area contributed by atoms with Crippen molar-refractivity contribution in [3.05, 3.63) is 20.6 Å². The second kappa shape index (κ2) is 3.34. The maximum Gasteiger partial charge on any atom is 0.138 e. The molecule has 0 radical (unpaired) electrons. The highest BCUT2D eigenvalue weighted by atomic mass is 79.9. The molecule has 0 aromatic carbocycles. The molecule has 0 fully saturated rings. The first kappa shape index (κ1) is 8.01. The molecule has 0 saturated heterocycles. The molecule has 0 unspecified atom stereocenters. The highest BCUT2D eigenvalue weighted by Gasteiger charge is 2.08. The fourth-order valence-corrected chi connectivity index (χ4v) is 1.66. The van der Waals surface area contributed by atoms with E-state index in [0.29, 0.717) is 9.60 Å². The summed E-state index contributed by atoms with van der Waals surface area (Å²) in [6.45, 7) is 0. The van der Waals surface area contributed by atoms with Crippen molar-refractivity contribution < 1.29 is 0 Å². The molecule has 0 aliphatic carbocycles. The molecule has 0 aliphatic rings. The lowest BCUT2D eigenvalue weighted by Crippen LogP contribution is -1.67. The Morgan fingerprint density at radius 1 is 1.82 bits per heavy atom. The van der Waals surface area contributed by atoms with Crippen LogP contribution in [0.1, 0.15) is 5.56 Å². The average Bonchev–Trinajstić information content (AvgIpc) is 2.33. The molecule has 0 spiro atoms. The summed E-state index contributed by atoms with van der Waals surface area (Å²) in [5, 5.41) is 12.1. The molecule has 0 bridgehead atoms. The highest BCUT2D eigenvalue weighted by Crippen LogP contribution is 2.30. The summed E-state index contributed by atoms with van der Waals surface area (Å²) < 4.78 is 4.20. The zero-order chi connectivity index (χ0) is 8.27. The largest absolute Gasteiger partial charge is 0.192 e. The standard InChI is InChI=1S/C4BrN5S/c5-3-2(1-6)4(8-10-7)11-9-3. The van der Waals surface area contributed by atoms with Crippen molar-refractivity contribution in [2.75, 3.05) is 0 Å². The highest BCUT2D eigenvalue weighted by molar-refractivity contribution is 9.10. The van der Waals surface area contributed by atoms with Crippen LogP contribution in [0.15, 0.2) is 9.72 Å². The van der Waals surface area contributed by atoms with Crippen LogP contribution in [0.2, 0.25) is 0 Å². The summed E-state index contributed by atoms with van der Waals surface area (Å²) in [4.78, 5) is 2.55. The van der Waals surface area contributed by atoms with E-state index >= 15 is 0 Å². The van der Waals surface area contributed by atoms with Gasteiger partial charge in [-0.25, -0.2) is 0 Å². The van der Waals surface area contributed by atoms with Crippen molar-refractivity contribution in [2.24, 2.45) is 5.11 Å². The third-order valence-corrected chi connectivity index (χ3v) is 2.42. The van der Waals surface area contributed by atoms with Crippen LogP contribution in [0.3, 0.4) is 0 Å². The van der Waals surface area contributed by atoms with Gasteiger partial charge in [0, 0.05) is 4.91 Å². The summed E-state index contributed by atoms with van der Waals surface area (Å²) >= 11 is 4.03. The van der Waals surface area contributed by atoms with E-state index in [1.54, 1.807) is 0 Å². The molecule has 7 heteroatoms. The van der Waals surface area contributed by atoms with Crippen molar-refractivity contribution in [1.29, 1.82) is 5.26 Å². The molecule has 0 amide bonds. The first-order valence-corrected chi connectivity index (χ1v) is 3.96. The maximum absolute atomic E-state index is 8.52. The van der Waals surface area contributed by atoms with Gasteiger partial charge in [-0.05, 0) is 38.1 Å². The number of hydrogen-bond donors (Lipinski definition) is 0. The number of nitrogens with zero attached hydrogens (tertiary/aromatic N) is 5. The van der Waals surface area contributed by atoms with E-state index in [1.807, 2.05) is 6.07 Å². The van der Waals surface area contributed by atoms with Crippen molar-refractivity contribution in [3.8, 4) is 6.07 Å². The Labute approximate surface area is 74.2 Å². The lowest BCUT2D eigenvalue weighted by Gasteiger charge is -1.79. The van der Waals surface area contributed by atoms with Crippen LogP contribution >= 0.6 is 27.5 Å². The second-order valence-corrected chi connectivity index (χ2v) is 2.96. The third kappa shape index (κ3) is 1.49. The third-order valence-electron chi connectivity index (χ3n) is 0.880. The van der Waals surface area contributed by atoms with Crippen molar-refractivity contribution in [2.45, 2.75) is 0 Å². The van der Waals surface area contributed by atoms with Crippen LogP contribution in [-0.4, -0.2) is 4.37 Å². The minimum Gasteiger partial charge on any atom is -0.192 e. The lowest BCUT2D eigenvalue weighted by atomic mass is 10.4. The molecule has 0 saturated carbocycles. The predicted molar refractivity (Wildman–Crippen MR) is 43.3 cm³/mol. The molecule has 54 valence electrons. The van der Waals surface area contributed by atoms with Crippen LogP contribution in [0, 0.1) is 11.3 Å². The van der Waals surface area contributed by atoms with Crippen molar-refractivity contribution in [1.82, 2.24) is 4.37 Å². The Hall–Kier alpha value is -1.09. The van der Waals surface area contributed by atoms with E-state index in [2.05, 4.69) is 30.3 Å². The molecule has 1 aromatic rings. The Kier molecular flexibility index (Phi) is 2.44. The van der Waals surface area contributed by atoms with Crippen LogP contribution in [0.25, 0.3) is 10.4 Å². The summed E-state index contributed by atoms with van der Waals surface area (Å²) in [5.41, 5.74) is 8.35. The molecule has 1 heterocycles. The molecule has 0 aliphatic heterocycles.